The number of carbonyl (C=O) groups excluding carboxylic acids is 2. The fraction of sp³-hybridized carbons (Fsp3) is 0.350. The number of benzene rings is 1. The summed E-state index contributed by atoms with van der Waals surface area (Å²) >= 11 is 0. The third kappa shape index (κ3) is 4.46. The maximum absolute atomic E-state index is 12.7. The lowest BCUT2D eigenvalue weighted by molar-refractivity contribution is -0.139. The molecule has 6 nitrogen and oxygen atoms in total. The Morgan fingerprint density at radius 1 is 1.19 bits per heavy atom. The Bertz CT molecular complexity index is 736. The molecule has 2 atom stereocenters. The van der Waals surface area contributed by atoms with Gasteiger partial charge in [0, 0.05) is 25.5 Å². The van der Waals surface area contributed by atoms with Crippen molar-refractivity contribution in [2.75, 3.05) is 6.54 Å². The van der Waals surface area contributed by atoms with E-state index in [1.807, 2.05) is 42.5 Å². The number of nitrogens with one attached hydrogen (secondary N) is 1. The highest BCUT2D eigenvalue weighted by atomic mass is 16.2. The van der Waals surface area contributed by atoms with Crippen molar-refractivity contribution in [3.05, 3.63) is 66.0 Å². The Hall–Kier alpha value is -2.73. The number of nitrogens with two attached hydrogens (primary N) is 1. The van der Waals surface area contributed by atoms with Crippen molar-refractivity contribution in [3.8, 4) is 0 Å². The van der Waals surface area contributed by atoms with E-state index in [0.29, 0.717) is 25.9 Å². The summed E-state index contributed by atoms with van der Waals surface area (Å²) in [5.74, 6) is -0.292. The molecular formula is C20H24N4O2. The van der Waals surface area contributed by atoms with Gasteiger partial charge in [0.25, 0.3) is 0 Å². The summed E-state index contributed by atoms with van der Waals surface area (Å²) in [4.78, 5) is 31.0. The number of aromatic nitrogens is 1. The third-order valence-corrected chi connectivity index (χ3v) is 4.64. The van der Waals surface area contributed by atoms with Crippen molar-refractivity contribution >= 4 is 11.8 Å². The molecule has 1 aromatic carbocycles. The molecule has 0 unspecified atom stereocenters. The van der Waals surface area contributed by atoms with Crippen molar-refractivity contribution in [1.29, 1.82) is 0 Å². The molecule has 0 radical (unpaired) electrons. The topological polar surface area (TPSA) is 88.3 Å². The SMILES string of the molecule is N[C@H](Cc1ccccc1)C(=O)N1CCC[C@H]1C(=O)NCc1cccnc1. The van der Waals surface area contributed by atoms with Crippen LogP contribution in [0.4, 0.5) is 0 Å². The van der Waals surface area contributed by atoms with Gasteiger partial charge in [-0.05, 0) is 36.5 Å². The van der Waals surface area contributed by atoms with Crippen LogP contribution < -0.4 is 11.1 Å². The number of amides is 2. The minimum atomic E-state index is -0.635. The highest BCUT2D eigenvalue weighted by Gasteiger charge is 2.35. The Labute approximate surface area is 153 Å². The molecule has 2 amide bonds. The molecule has 1 aromatic heterocycles. The van der Waals surface area contributed by atoms with Crippen LogP contribution in [-0.4, -0.2) is 40.3 Å². The minimum Gasteiger partial charge on any atom is -0.350 e. The van der Waals surface area contributed by atoms with Gasteiger partial charge in [-0.2, -0.15) is 0 Å². The number of hydrogen-bond acceptors (Lipinski definition) is 4. The van der Waals surface area contributed by atoms with Crippen LogP contribution in [0.1, 0.15) is 24.0 Å². The number of rotatable bonds is 6. The highest BCUT2D eigenvalue weighted by molar-refractivity contribution is 5.90. The predicted octanol–water partition coefficient (Wildman–Crippen LogP) is 1.26. The maximum Gasteiger partial charge on any atom is 0.243 e. The Morgan fingerprint density at radius 3 is 2.69 bits per heavy atom. The van der Waals surface area contributed by atoms with Crippen LogP contribution in [-0.2, 0) is 22.6 Å². The van der Waals surface area contributed by atoms with Gasteiger partial charge in [0.05, 0.1) is 6.04 Å². The summed E-state index contributed by atoms with van der Waals surface area (Å²) in [6.45, 7) is 0.980. The average molecular weight is 352 g/mol. The standard InChI is InChI=1S/C20H24N4O2/c21-17(12-15-6-2-1-3-7-15)20(26)24-11-5-9-18(24)19(25)23-14-16-8-4-10-22-13-16/h1-4,6-8,10,13,17-18H,5,9,11-12,14,21H2,(H,23,25)/t17-,18+/m1/s1. The van der Waals surface area contributed by atoms with Crippen LogP contribution in [0.3, 0.4) is 0 Å². The van der Waals surface area contributed by atoms with E-state index >= 15 is 0 Å². The van der Waals surface area contributed by atoms with Gasteiger partial charge in [-0.25, -0.2) is 0 Å². The van der Waals surface area contributed by atoms with Gasteiger partial charge >= 0.3 is 0 Å². The number of carbonyl (C=O) groups is 2. The lowest BCUT2D eigenvalue weighted by Crippen LogP contribution is -2.51. The third-order valence-electron chi connectivity index (χ3n) is 4.64. The second kappa shape index (κ2) is 8.58. The zero-order chi connectivity index (χ0) is 18.4. The van der Waals surface area contributed by atoms with E-state index in [1.54, 1.807) is 17.3 Å². The molecule has 1 saturated heterocycles. The monoisotopic (exact) mass is 352 g/mol. The van der Waals surface area contributed by atoms with Crippen LogP contribution >= 0.6 is 0 Å². The van der Waals surface area contributed by atoms with E-state index in [9.17, 15) is 9.59 Å². The quantitative estimate of drug-likeness (QED) is 0.819. The number of nitrogens with zero attached hydrogens (tertiary/aromatic N) is 2. The molecule has 0 spiro atoms. The molecule has 3 N–H and O–H groups in total. The van der Waals surface area contributed by atoms with Gasteiger partial charge in [-0.1, -0.05) is 36.4 Å². The summed E-state index contributed by atoms with van der Waals surface area (Å²) in [5.41, 5.74) is 8.07. The van der Waals surface area contributed by atoms with Gasteiger partial charge in [0.2, 0.25) is 11.8 Å². The van der Waals surface area contributed by atoms with Crippen molar-refractivity contribution in [3.63, 3.8) is 0 Å². The average Bonchev–Trinajstić information content (AvgIpc) is 3.17. The molecule has 0 bridgehead atoms. The predicted molar refractivity (Wildman–Crippen MR) is 98.9 cm³/mol. The van der Waals surface area contributed by atoms with Crippen LogP contribution in [0.2, 0.25) is 0 Å². The first kappa shape index (κ1) is 18.1. The number of pyridine rings is 1. The molecule has 0 aliphatic carbocycles. The molecule has 2 aromatic rings. The molecule has 3 rings (SSSR count). The van der Waals surface area contributed by atoms with Crippen LogP contribution in [0.15, 0.2) is 54.9 Å². The zero-order valence-corrected chi connectivity index (χ0v) is 14.7. The fourth-order valence-corrected chi connectivity index (χ4v) is 3.28. The summed E-state index contributed by atoms with van der Waals surface area (Å²) in [6, 6.07) is 12.3. The van der Waals surface area contributed by atoms with Crippen molar-refractivity contribution in [2.24, 2.45) is 5.73 Å². The molecule has 2 heterocycles. The molecule has 1 aliphatic heterocycles. The van der Waals surface area contributed by atoms with E-state index in [0.717, 1.165) is 17.5 Å². The Balaban J connectivity index is 1.58. The smallest absolute Gasteiger partial charge is 0.243 e. The van der Waals surface area contributed by atoms with Crippen molar-refractivity contribution < 1.29 is 9.59 Å². The zero-order valence-electron chi connectivity index (χ0n) is 14.7. The minimum absolute atomic E-state index is 0.133. The van der Waals surface area contributed by atoms with E-state index in [2.05, 4.69) is 10.3 Å². The molecule has 1 aliphatic rings. The number of hydrogen-bond donors (Lipinski definition) is 2. The van der Waals surface area contributed by atoms with E-state index in [-0.39, 0.29) is 11.8 Å². The summed E-state index contributed by atoms with van der Waals surface area (Å²) in [5, 5.41) is 2.90. The summed E-state index contributed by atoms with van der Waals surface area (Å²) in [6.07, 6.45) is 5.36. The molecule has 0 saturated carbocycles. The number of likely N-dealkylation sites (tertiary alicyclic amines) is 1. The Kier molecular flexibility index (Phi) is 5.96. The molecule has 136 valence electrons. The normalized spacial score (nSPS) is 17.7. The first-order valence-corrected chi connectivity index (χ1v) is 8.92. The van der Waals surface area contributed by atoms with Gasteiger partial charge in [0.15, 0.2) is 0 Å². The van der Waals surface area contributed by atoms with Gasteiger partial charge < -0.3 is 16.0 Å². The molecular weight excluding hydrogens is 328 g/mol. The second-order valence-corrected chi connectivity index (χ2v) is 6.56. The molecule has 1 fully saturated rings. The van der Waals surface area contributed by atoms with Crippen LogP contribution in [0.25, 0.3) is 0 Å². The fourth-order valence-electron chi connectivity index (χ4n) is 3.28. The Morgan fingerprint density at radius 2 is 1.96 bits per heavy atom. The van der Waals surface area contributed by atoms with Crippen LogP contribution in [0.5, 0.6) is 0 Å². The largest absolute Gasteiger partial charge is 0.350 e. The van der Waals surface area contributed by atoms with E-state index in [4.69, 9.17) is 5.73 Å². The van der Waals surface area contributed by atoms with Crippen LogP contribution in [0, 0.1) is 0 Å². The second-order valence-electron chi connectivity index (χ2n) is 6.56. The maximum atomic E-state index is 12.7. The van der Waals surface area contributed by atoms with Gasteiger partial charge in [-0.15, -0.1) is 0 Å². The van der Waals surface area contributed by atoms with Crippen molar-refractivity contribution in [1.82, 2.24) is 15.2 Å². The van der Waals surface area contributed by atoms with E-state index < -0.39 is 12.1 Å². The highest BCUT2D eigenvalue weighted by Crippen LogP contribution is 2.19. The lowest BCUT2D eigenvalue weighted by Gasteiger charge is -2.26. The molecule has 26 heavy (non-hydrogen) atoms. The van der Waals surface area contributed by atoms with Crippen molar-refractivity contribution in [2.45, 2.75) is 37.9 Å². The first-order chi connectivity index (χ1) is 12.6. The van der Waals surface area contributed by atoms with Gasteiger partial charge in [-0.3, -0.25) is 14.6 Å². The molecule has 6 heteroatoms. The lowest BCUT2D eigenvalue weighted by atomic mass is 10.1. The van der Waals surface area contributed by atoms with Gasteiger partial charge in [0.1, 0.15) is 6.04 Å². The summed E-state index contributed by atoms with van der Waals surface area (Å²) < 4.78 is 0. The summed E-state index contributed by atoms with van der Waals surface area (Å²) in [7, 11) is 0. The van der Waals surface area contributed by atoms with E-state index in [1.165, 1.54) is 0 Å². The first-order valence-electron chi connectivity index (χ1n) is 8.92.